The second-order valence-corrected chi connectivity index (χ2v) is 5.06. The van der Waals surface area contributed by atoms with Crippen LogP contribution in [-0.4, -0.2) is 6.61 Å². The van der Waals surface area contributed by atoms with Gasteiger partial charge in [0, 0.05) is 12.8 Å². The first kappa shape index (κ1) is 21.0. The summed E-state index contributed by atoms with van der Waals surface area (Å²) in [6, 6.07) is 0. The maximum atomic E-state index is 5.93. The first-order chi connectivity index (χ1) is 11.1. The molecule has 0 aromatic rings. The molecule has 0 aliphatic rings. The van der Waals surface area contributed by atoms with Crippen molar-refractivity contribution in [2.45, 2.75) is 53.9 Å². The van der Waals surface area contributed by atoms with Gasteiger partial charge in [0.05, 0.1) is 11.5 Å². The summed E-state index contributed by atoms with van der Waals surface area (Å²) in [4.78, 5) is 0. The lowest BCUT2D eigenvalue weighted by Crippen LogP contribution is -1.95. The van der Waals surface area contributed by atoms with Crippen molar-refractivity contribution in [3.63, 3.8) is 0 Å². The molecule has 0 radical (unpaired) electrons. The van der Waals surface area contributed by atoms with Crippen LogP contribution in [-0.2, 0) is 9.47 Å². The van der Waals surface area contributed by atoms with Crippen molar-refractivity contribution in [3.05, 3.63) is 72.0 Å². The maximum absolute atomic E-state index is 5.93. The molecule has 23 heavy (non-hydrogen) atoms. The van der Waals surface area contributed by atoms with Gasteiger partial charge in [0.25, 0.3) is 0 Å². The lowest BCUT2D eigenvalue weighted by molar-refractivity contribution is 0.243. The van der Waals surface area contributed by atoms with Crippen molar-refractivity contribution in [2.75, 3.05) is 6.61 Å². The van der Waals surface area contributed by atoms with Gasteiger partial charge in [0.2, 0.25) is 0 Å². The van der Waals surface area contributed by atoms with Crippen LogP contribution in [0.3, 0.4) is 0 Å². The molecule has 0 bridgehead atoms. The Bertz CT molecular complexity index is 488. The van der Waals surface area contributed by atoms with E-state index in [0.717, 1.165) is 42.1 Å². The van der Waals surface area contributed by atoms with Crippen molar-refractivity contribution in [2.24, 2.45) is 0 Å². The van der Waals surface area contributed by atoms with E-state index in [1.165, 1.54) is 0 Å². The zero-order valence-corrected chi connectivity index (χ0v) is 15.4. The molecule has 0 aromatic carbocycles. The third kappa shape index (κ3) is 10.4. The fraction of sp³-hybridized carbons (Fsp3) is 0.429. The molecule has 0 N–H and O–H groups in total. The Kier molecular flexibility index (Phi) is 12.5. The van der Waals surface area contributed by atoms with Crippen LogP contribution in [0.5, 0.6) is 0 Å². The quantitative estimate of drug-likeness (QED) is 0.315. The summed E-state index contributed by atoms with van der Waals surface area (Å²) in [5.41, 5.74) is 1.05. The lowest BCUT2D eigenvalue weighted by Gasteiger charge is -2.10. The molecule has 0 rings (SSSR count). The van der Waals surface area contributed by atoms with Crippen LogP contribution in [0.1, 0.15) is 53.9 Å². The van der Waals surface area contributed by atoms with Gasteiger partial charge in [0.15, 0.2) is 0 Å². The number of allylic oxidation sites excluding steroid dienone is 9. The van der Waals surface area contributed by atoms with Gasteiger partial charge in [-0.1, -0.05) is 51.7 Å². The first-order valence-corrected chi connectivity index (χ1v) is 8.42. The normalized spacial score (nSPS) is 14.3. The smallest absolute Gasteiger partial charge is 0.113 e. The Morgan fingerprint density at radius 3 is 2.22 bits per heavy atom. The van der Waals surface area contributed by atoms with Crippen LogP contribution in [0.4, 0.5) is 0 Å². The molecule has 0 atom stereocenters. The summed E-state index contributed by atoms with van der Waals surface area (Å²) >= 11 is 0. The van der Waals surface area contributed by atoms with Gasteiger partial charge in [0.1, 0.15) is 12.4 Å². The predicted molar refractivity (Wildman–Crippen MR) is 101 cm³/mol. The highest BCUT2D eigenvalue weighted by Crippen LogP contribution is 2.14. The molecule has 0 aliphatic heterocycles. The molecule has 2 heteroatoms. The van der Waals surface area contributed by atoms with E-state index in [4.69, 9.17) is 9.47 Å². The van der Waals surface area contributed by atoms with Gasteiger partial charge in [-0.15, -0.1) is 0 Å². The molecule has 0 aromatic heterocycles. The minimum Gasteiger partial charge on any atom is -0.494 e. The van der Waals surface area contributed by atoms with Gasteiger partial charge >= 0.3 is 0 Å². The molecule has 0 unspecified atom stereocenters. The van der Waals surface area contributed by atoms with E-state index in [1.807, 2.05) is 50.3 Å². The van der Waals surface area contributed by atoms with Crippen molar-refractivity contribution in [3.8, 4) is 0 Å². The maximum Gasteiger partial charge on any atom is 0.113 e. The Morgan fingerprint density at radius 2 is 1.70 bits per heavy atom. The van der Waals surface area contributed by atoms with Crippen LogP contribution >= 0.6 is 0 Å². The number of hydrogen-bond donors (Lipinski definition) is 0. The fourth-order valence-corrected chi connectivity index (χ4v) is 1.73. The average Bonchev–Trinajstić information content (AvgIpc) is 2.57. The van der Waals surface area contributed by atoms with Gasteiger partial charge in [-0.2, -0.15) is 0 Å². The van der Waals surface area contributed by atoms with Crippen LogP contribution in [0.2, 0.25) is 0 Å². The van der Waals surface area contributed by atoms with E-state index in [0.29, 0.717) is 6.61 Å². The SMILES string of the molecule is C=C/C(=C\C=C/C)CO/C(C)=C/C=C(\CC)O/C(=C/CC)CC. The van der Waals surface area contributed by atoms with E-state index >= 15 is 0 Å². The molecule has 0 heterocycles. The summed E-state index contributed by atoms with van der Waals surface area (Å²) in [5.74, 6) is 2.82. The van der Waals surface area contributed by atoms with E-state index in [1.54, 1.807) is 0 Å². The molecule has 0 saturated carbocycles. The number of hydrogen-bond acceptors (Lipinski definition) is 2. The fourth-order valence-electron chi connectivity index (χ4n) is 1.73. The van der Waals surface area contributed by atoms with Crippen LogP contribution < -0.4 is 0 Å². The molecule has 0 aliphatic carbocycles. The van der Waals surface area contributed by atoms with Crippen molar-refractivity contribution >= 4 is 0 Å². The van der Waals surface area contributed by atoms with Crippen molar-refractivity contribution in [1.82, 2.24) is 0 Å². The van der Waals surface area contributed by atoms with Gasteiger partial charge in [-0.05, 0) is 44.1 Å². The average molecular weight is 316 g/mol. The summed E-state index contributed by atoms with van der Waals surface area (Å²) < 4.78 is 11.7. The second-order valence-electron chi connectivity index (χ2n) is 5.06. The topological polar surface area (TPSA) is 18.5 Å². The standard InChI is InChI=1S/C21H32O2/c1-7-12-14-19(9-3)17-22-18(6)15-16-21(11-5)23-20(10-4)13-8-2/h7,9,12-16H,3,8,10-11,17H2,1-2,4-6H3/b12-7-,18-15+,19-14+,20-13+,21-16+. The summed E-state index contributed by atoms with van der Waals surface area (Å²) in [6.07, 6.45) is 16.6. The highest BCUT2D eigenvalue weighted by molar-refractivity contribution is 5.23. The van der Waals surface area contributed by atoms with Crippen LogP contribution in [0.25, 0.3) is 0 Å². The molecule has 0 saturated heterocycles. The first-order valence-electron chi connectivity index (χ1n) is 8.42. The highest BCUT2D eigenvalue weighted by Gasteiger charge is 1.99. The Morgan fingerprint density at radius 1 is 1.00 bits per heavy atom. The van der Waals surface area contributed by atoms with E-state index in [9.17, 15) is 0 Å². The molecule has 0 spiro atoms. The zero-order valence-electron chi connectivity index (χ0n) is 15.4. The van der Waals surface area contributed by atoms with Crippen molar-refractivity contribution in [1.29, 1.82) is 0 Å². The van der Waals surface area contributed by atoms with Crippen LogP contribution in [0, 0.1) is 0 Å². The summed E-state index contributed by atoms with van der Waals surface area (Å²) in [7, 11) is 0. The molecule has 0 fully saturated rings. The zero-order chi connectivity index (χ0) is 17.5. The summed E-state index contributed by atoms with van der Waals surface area (Å²) in [6.45, 7) is 14.6. The molecular formula is C21H32O2. The Labute approximate surface area is 142 Å². The molecule has 128 valence electrons. The van der Waals surface area contributed by atoms with E-state index < -0.39 is 0 Å². The van der Waals surface area contributed by atoms with Crippen LogP contribution in [0.15, 0.2) is 72.0 Å². The van der Waals surface area contributed by atoms with Gasteiger partial charge < -0.3 is 9.47 Å². The lowest BCUT2D eigenvalue weighted by atomic mass is 10.2. The third-order valence-corrected chi connectivity index (χ3v) is 3.13. The number of rotatable bonds is 11. The molecule has 2 nitrogen and oxygen atoms in total. The minimum atomic E-state index is 0.516. The monoisotopic (exact) mass is 316 g/mol. The Hall–Kier alpha value is -1.96. The molecule has 0 amide bonds. The largest absolute Gasteiger partial charge is 0.494 e. The van der Waals surface area contributed by atoms with E-state index in [-0.39, 0.29) is 0 Å². The van der Waals surface area contributed by atoms with E-state index in [2.05, 4.69) is 33.4 Å². The number of ether oxygens (including phenoxy) is 2. The van der Waals surface area contributed by atoms with Gasteiger partial charge in [-0.3, -0.25) is 0 Å². The second kappa shape index (κ2) is 13.7. The van der Waals surface area contributed by atoms with Gasteiger partial charge in [-0.25, -0.2) is 0 Å². The highest BCUT2D eigenvalue weighted by atomic mass is 16.5. The van der Waals surface area contributed by atoms with Crippen molar-refractivity contribution < 1.29 is 9.47 Å². The minimum absolute atomic E-state index is 0.516. The molecular weight excluding hydrogens is 284 g/mol. The predicted octanol–water partition coefficient (Wildman–Crippen LogP) is 6.61. The summed E-state index contributed by atoms with van der Waals surface area (Å²) in [5, 5.41) is 0. The third-order valence-electron chi connectivity index (χ3n) is 3.13. The Balaban J connectivity index is 4.74.